The Morgan fingerprint density at radius 2 is 2.43 bits per heavy atom. The van der Waals surface area contributed by atoms with Crippen molar-refractivity contribution in [2.75, 3.05) is 6.61 Å². The van der Waals surface area contributed by atoms with Crippen molar-refractivity contribution < 1.29 is 4.74 Å². The van der Waals surface area contributed by atoms with Crippen molar-refractivity contribution in [3.63, 3.8) is 0 Å². The summed E-state index contributed by atoms with van der Waals surface area (Å²) < 4.78 is 5.10. The fraction of sp³-hybridized carbons (Fsp3) is 0.364. The molecule has 3 heteroatoms. The van der Waals surface area contributed by atoms with Crippen molar-refractivity contribution in [3.05, 3.63) is 35.4 Å². The van der Waals surface area contributed by atoms with Crippen LogP contribution in [0.5, 0.6) is 0 Å². The minimum atomic E-state index is 0.191. The van der Waals surface area contributed by atoms with Crippen molar-refractivity contribution in [1.29, 1.82) is 0 Å². The van der Waals surface area contributed by atoms with Gasteiger partial charge < -0.3 is 10.5 Å². The zero-order chi connectivity index (χ0) is 9.97. The largest absolute Gasteiger partial charge is 0.463 e. The van der Waals surface area contributed by atoms with Gasteiger partial charge in [-0.25, -0.2) is 4.99 Å². The third kappa shape index (κ3) is 2.05. The normalized spacial score (nSPS) is 20.4. The van der Waals surface area contributed by atoms with Crippen LogP contribution >= 0.6 is 0 Å². The van der Waals surface area contributed by atoms with Gasteiger partial charge in [0, 0.05) is 0 Å². The number of aliphatic imine (C=N–C) groups is 1. The maximum absolute atomic E-state index is 5.44. The molecule has 1 aromatic carbocycles. The Hall–Kier alpha value is -1.51. The van der Waals surface area contributed by atoms with E-state index in [9.17, 15) is 0 Å². The summed E-state index contributed by atoms with van der Waals surface area (Å²) in [5.41, 5.74) is 8.00. The third-order valence-electron chi connectivity index (χ3n) is 2.29. The Balaban J connectivity index is 2.04. The lowest BCUT2D eigenvalue weighted by Gasteiger charge is -2.05. The lowest BCUT2D eigenvalue weighted by molar-refractivity contribution is 0.312. The number of nitrogens with two attached hydrogens (primary N) is 1. The van der Waals surface area contributed by atoms with Crippen LogP contribution in [0.2, 0.25) is 0 Å². The maximum atomic E-state index is 5.44. The number of amidine groups is 1. The first-order valence-corrected chi connectivity index (χ1v) is 4.75. The molecule has 0 bridgehead atoms. The van der Waals surface area contributed by atoms with Crippen LogP contribution in [0, 0.1) is 6.92 Å². The molecule has 74 valence electrons. The van der Waals surface area contributed by atoms with Crippen molar-refractivity contribution in [3.8, 4) is 0 Å². The lowest BCUT2D eigenvalue weighted by Crippen LogP contribution is -2.11. The second-order valence-corrected chi connectivity index (χ2v) is 3.63. The van der Waals surface area contributed by atoms with E-state index in [0.29, 0.717) is 12.6 Å². The van der Waals surface area contributed by atoms with Crippen molar-refractivity contribution >= 4 is 6.02 Å². The predicted octanol–water partition coefficient (Wildman–Crippen LogP) is 1.25. The molecule has 1 aromatic rings. The molecule has 2 N–H and O–H groups in total. The van der Waals surface area contributed by atoms with Gasteiger partial charge in [0.15, 0.2) is 0 Å². The van der Waals surface area contributed by atoms with E-state index in [0.717, 1.165) is 6.42 Å². The first kappa shape index (κ1) is 9.06. The van der Waals surface area contributed by atoms with E-state index in [2.05, 4.69) is 36.2 Å². The highest BCUT2D eigenvalue weighted by Crippen LogP contribution is 2.11. The van der Waals surface area contributed by atoms with E-state index in [1.54, 1.807) is 0 Å². The van der Waals surface area contributed by atoms with Gasteiger partial charge >= 0.3 is 0 Å². The smallest absolute Gasteiger partial charge is 0.282 e. The van der Waals surface area contributed by atoms with Gasteiger partial charge in [0.25, 0.3) is 6.02 Å². The van der Waals surface area contributed by atoms with E-state index in [1.165, 1.54) is 11.1 Å². The molecule has 1 heterocycles. The first-order chi connectivity index (χ1) is 6.74. The molecule has 0 fully saturated rings. The van der Waals surface area contributed by atoms with E-state index in [-0.39, 0.29) is 6.04 Å². The number of rotatable bonds is 2. The molecule has 0 saturated carbocycles. The summed E-state index contributed by atoms with van der Waals surface area (Å²) in [6.45, 7) is 2.70. The monoisotopic (exact) mass is 190 g/mol. The predicted molar refractivity (Wildman–Crippen MR) is 56.2 cm³/mol. The molecule has 0 amide bonds. The van der Waals surface area contributed by atoms with Gasteiger partial charge in [-0.15, -0.1) is 0 Å². The van der Waals surface area contributed by atoms with Crippen LogP contribution in [-0.2, 0) is 11.2 Å². The Morgan fingerprint density at radius 1 is 1.57 bits per heavy atom. The second kappa shape index (κ2) is 3.70. The summed E-state index contributed by atoms with van der Waals surface area (Å²) in [7, 11) is 0. The summed E-state index contributed by atoms with van der Waals surface area (Å²) in [4.78, 5) is 4.19. The molecule has 0 radical (unpaired) electrons. The zero-order valence-electron chi connectivity index (χ0n) is 8.23. The molecule has 0 unspecified atom stereocenters. The maximum Gasteiger partial charge on any atom is 0.282 e. The van der Waals surface area contributed by atoms with Gasteiger partial charge in [0.2, 0.25) is 0 Å². The topological polar surface area (TPSA) is 47.6 Å². The van der Waals surface area contributed by atoms with E-state index < -0.39 is 0 Å². The van der Waals surface area contributed by atoms with Gasteiger partial charge in [0.1, 0.15) is 6.61 Å². The fourth-order valence-electron chi connectivity index (χ4n) is 1.65. The van der Waals surface area contributed by atoms with E-state index in [1.807, 2.05) is 0 Å². The SMILES string of the molecule is Cc1cccc(C[C@H]2COC(N)=N2)c1. The average Bonchev–Trinajstić information content (AvgIpc) is 2.51. The van der Waals surface area contributed by atoms with Crippen LogP contribution in [0.15, 0.2) is 29.3 Å². The van der Waals surface area contributed by atoms with Gasteiger partial charge in [-0.3, -0.25) is 0 Å². The molecule has 2 rings (SSSR count). The lowest BCUT2D eigenvalue weighted by atomic mass is 10.1. The molecule has 1 aliphatic heterocycles. The minimum absolute atomic E-state index is 0.191. The minimum Gasteiger partial charge on any atom is -0.463 e. The van der Waals surface area contributed by atoms with Crippen LogP contribution in [0.1, 0.15) is 11.1 Å². The highest BCUT2D eigenvalue weighted by atomic mass is 16.5. The van der Waals surface area contributed by atoms with E-state index in [4.69, 9.17) is 10.5 Å². The summed E-state index contributed by atoms with van der Waals surface area (Å²) in [6, 6.07) is 8.94. The van der Waals surface area contributed by atoms with E-state index >= 15 is 0 Å². The van der Waals surface area contributed by atoms with Crippen molar-refractivity contribution in [2.24, 2.45) is 10.7 Å². The molecular formula is C11H14N2O. The number of ether oxygens (including phenoxy) is 1. The molecule has 1 atom stereocenters. The van der Waals surface area contributed by atoms with Gasteiger partial charge in [-0.1, -0.05) is 29.8 Å². The molecule has 14 heavy (non-hydrogen) atoms. The Morgan fingerprint density at radius 3 is 3.07 bits per heavy atom. The number of hydrogen-bond acceptors (Lipinski definition) is 3. The van der Waals surface area contributed by atoms with Crippen molar-refractivity contribution in [2.45, 2.75) is 19.4 Å². The highest BCUT2D eigenvalue weighted by Gasteiger charge is 2.16. The number of benzene rings is 1. The van der Waals surface area contributed by atoms with Crippen LogP contribution in [-0.4, -0.2) is 18.7 Å². The fourth-order valence-corrected chi connectivity index (χ4v) is 1.65. The molecule has 0 aromatic heterocycles. The second-order valence-electron chi connectivity index (χ2n) is 3.63. The average molecular weight is 190 g/mol. The molecule has 1 aliphatic rings. The number of aryl methyl sites for hydroxylation is 1. The molecule has 3 nitrogen and oxygen atoms in total. The van der Waals surface area contributed by atoms with Gasteiger partial charge in [-0.2, -0.15) is 0 Å². The molecule has 0 aliphatic carbocycles. The van der Waals surface area contributed by atoms with Crippen LogP contribution < -0.4 is 5.73 Å². The highest BCUT2D eigenvalue weighted by molar-refractivity contribution is 5.73. The number of nitrogens with zero attached hydrogens (tertiary/aromatic N) is 1. The van der Waals surface area contributed by atoms with Crippen molar-refractivity contribution in [1.82, 2.24) is 0 Å². The molecule has 0 spiro atoms. The Kier molecular flexibility index (Phi) is 2.39. The Bertz CT molecular complexity index is 360. The summed E-state index contributed by atoms with van der Waals surface area (Å²) in [5.74, 6) is 0. The first-order valence-electron chi connectivity index (χ1n) is 4.75. The van der Waals surface area contributed by atoms with Gasteiger partial charge in [-0.05, 0) is 18.9 Å². The van der Waals surface area contributed by atoms with Crippen LogP contribution in [0.25, 0.3) is 0 Å². The Labute approximate surface area is 83.6 Å². The van der Waals surface area contributed by atoms with Gasteiger partial charge in [0.05, 0.1) is 6.04 Å². The zero-order valence-corrected chi connectivity index (χ0v) is 8.23. The summed E-state index contributed by atoms with van der Waals surface area (Å²) in [6.07, 6.45) is 0.905. The van der Waals surface area contributed by atoms with Crippen LogP contribution in [0.4, 0.5) is 0 Å². The number of hydrogen-bond donors (Lipinski definition) is 1. The quantitative estimate of drug-likeness (QED) is 0.763. The molecule has 0 saturated heterocycles. The molecular weight excluding hydrogens is 176 g/mol. The summed E-state index contributed by atoms with van der Waals surface area (Å²) in [5, 5.41) is 0. The third-order valence-corrected chi connectivity index (χ3v) is 2.29. The standard InChI is InChI=1S/C11H14N2O/c1-8-3-2-4-9(5-8)6-10-7-14-11(12)13-10/h2-5,10H,6-7H2,1H3,(H2,12,13)/t10-/m0/s1. The van der Waals surface area contributed by atoms with Crippen LogP contribution in [0.3, 0.4) is 0 Å². The summed E-state index contributed by atoms with van der Waals surface area (Å²) >= 11 is 0.